The van der Waals surface area contributed by atoms with Gasteiger partial charge in [-0.1, -0.05) is 6.07 Å². The molecule has 0 saturated heterocycles. The first kappa shape index (κ1) is 9.21. The lowest BCUT2D eigenvalue weighted by molar-refractivity contribution is 0.601. The molecule has 2 rings (SSSR count). The molecule has 3 heteroatoms. The van der Waals surface area contributed by atoms with Crippen LogP contribution in [0.25, 0.3) is 11.1 Å². The van der Waals surface area contributed by atoms with Gasteiger partial charge < -0.3 is 10.2 Å². The van der Waals surface area contributed by atoms with E-state index in [9.17, 15) is 0 Å². The van der Waals surface area contributed by atoms with Crippen LogP contribution in [-0.2, 0) is 6.42 Å². The van der Waals surface area contributed by atoms with Crippen molar-refractivity contribution < 1.29 is 4.42 Å². The Morgan fingerprint density at radius 1 is 1.50 bits per heavy atom. The van der Waals surface area contributed by atoms with Crippen LogP contribution < -0.4 is 5.73 Å². The molecule has 2 aromatic rings. The molecule has 1 unspecified atom stereocenters. The summed E-state index contributed by atoms with van der Waals surface area (Å²) in [6.07, 6.45) is 3.47. The monoisotopic (exact) mass is 190 g/mol. The second kappa shape index (κ2) is 3.80. The highest BCUT2D eigenvalue weighted by Crippen LogP contribution is 2.15. The third kappa shape index (κ3) is 1.93. The van der Waals surface area contributed by atoms with Crippen LogP contribution in [0.1, 0.15) is 18.9 Å². The van der Waals surface area contributed by atoms with Crippen LogP contribution in [0.3, 0.4) is 0 Å². The molecule has 0 saturated carbocycles. The van der Waals surface area contributed by atoms with Gasteiger partial charge in [0.1, 0.15) is 5.52 Å². The number of nitrogens with zero attached hydrogens (tertiary/aromatic N) is 1. The minimum absolute atomic E-state index is 0.250. The second-order valence-corrected chi connectivity index (χ2v) is 3.67. The average Bonchev–Trinajstić information content (AvgIpc) is 2.61. The fraction of sp³-hybridized carbons (Fsp3) is 0.364. The number of oxazole rings is 1. The van der Waals surface area contributed by atoms with Crippen molar-refractivity contribution >= 4 is 11.1 Å². The third-order valence-electron chi connectivity index (χ3n) is 2.28. The standard InChI is InChI=1S/C11H14N2O/c1-8(12)2-3-9-4-5-10-11(6-9)14-7-13-10/h4-8H,2-3,12H2,1H3. The topological polar surface area (TPSA) is 52.0 Å². The predicted molar refractivity (Wildman–Crippen MR) is 56.0 cm³/mol. The Kier molecular flexibility index (Phi) is 2.50. The van der Waals surface area contributed by atoms with Crippen molar-refractivity contribution in [1.29, 1.82) is 0 Å². The molecule has 0 aliphatic heterocycles. The van der Waals surface area contributed by atoms with Crippen LogP contribution in [0.2, 0.25) is 0 Å². The van der Waals surface area contributed by atoms with Gasteiger partial charge in [-0.05, 0) is 37.5 Å². The van der Waals surface area contributed by atoms with E-state index in [2.05, 4.69) is 11.1 Å². The minimum Gasteiger partial charge on any atom is -0.443 e. The lowest BCUT2D eigenvalue weighted by Gasteiger charge is -2.04. The molecule has 1 aromatic carbocycles. The fourth-order valence-electron chi connectivity index (χ4n) is 1.45. The van der Waals surface area contributed by atoms with Gasteiger partial charge in [-0.2, -0.15) is 0 Å². The molecule has 1 aromatic heterocycles. The lowest BCUT2D eigenvalue weighted by atomic mass is 10.1. The Balaban J connectivity index is 2.17. The number of rotatable bonds is 3. The molecule has 0 aliphatic rings. The Morgan fingerprint density at radius 2 is 2.36 bits per heavy atom. The maximum atomic E-state index is 5.70. The van der Waals surface area contributed by atoms with E-state index in [0.717, 1.165) is 23.9 Å². The van der Waals surface area contributed by atoms with E-state index in [0.29, 0.717) is 0 Å². The quantitative estimate of drug-likeness (QED) is 0.806. The first-order valence-electron chi connectivity index (χ1n) is 4.83. The van der Waals surface area contributed by atoms with Crippen molar-refractivity contribution in [1.82, 2.24) is 4.98 Å². The molecule has 0 spiro atoms. The van der Waals surface area contributed by atoms with Gasteiger partial charge in [-0.15, -0.1) is 0 Å². The Hall–Kier alpha value is -1.35. The number of hydrogen-bond donors (Lipinski definition) is 1. The van der Waals surface area contributed by atoms with E-state index in [-0.39, 0.29) is 6.04 Å². The first-order valence-corrected chi connectivity index (χ1v) is 4.83. The highest BCUT2D eigenvalue weighted by molar-refractivity contribution is 5.72. The van der Waals surface area contributed by atoms with Crippen LogP contribution in [-0.4, -0.2) is 11.0 Å². The van der Waals surface area contributed by atoms with Crippen molar-refractivity contribution in [3.8, 4) is 0 Å². The van der Waals surface area contributed by atoms with E-state index < -0.39 is 0 Å². The summed E-state index contributed by atoms with van der Waals surface area (Å²) in [4.78, 5) is 4.06. The fourth-order valence-corrected chi connectivity index (χ4v) is 1.45. The molecule has 74 valence electrons. The third-order valence-corrected chi connectivity index (χ3v) is 2.28. The molecule has 0 bridgehead atoms. The molecular formula is C11H14N2O. The summed E-state index contributed by atoms with van der Waals surface area (Å²) >= 11 is 0. The summed E-state index contributed by atoms with van der Waals surface area (Å²) in [7, 11) is 0. The van der Waals surface area contributed by atoms with Gasteiger partial charge in [0.05, 0.1) is 0 Å². The largest absolute Gasteiger partial charge is 0.443 e. The highest BCUT2D eigenvalue weighted by Gasteiger charge is 2.01. The van der Waals surface area contributed by atoms with Gasteiger partial charge in [-0.25, -0.2) is 4.98 Å². The Morgan fingerprint density at radius 3 is 3.14 bits per heavy atom. The van der Waals surface area contributed by atoms with Crippen molar-refractivity contribution in [3.05, 3.63) is 30.2 Å². The molecule has 2 N–H and O–H groups in total. The zero-order chi connectivity index (χ0) is 9.97. The molecule has 14 heavy (non-hydrogen) atoms. The molecule has 0 fully saturated rings. The molecule has 1 heterocycles. The minimum atomic E-state index is 0.250. The number of fused-ring (bicyclic) bond motifs is 1. The van der Waals surface area contributed by atoms with Crippen LogP contribution in [0, 0.1) is 0 Å². The van der Waals surface area contributed by atoms with E-state index in [1.165, 1.54) is 12.0 Å². The van der Waals surface area contributed by atoms with E-state index in [1.54, 1.807) is 0 Å². The van der Waals surface area contributed by atoms with Crippen LogP contribution >= 0.6 is 0 Å². The van der Waals surface area contributed by atoms with Gasteiger partial charge in [0.2, 0.25) is 0 Å². The Labute approximate surface area is 82.9 Å². The summed E-state index contributed by atoms with van der Waals surface area (Å²) in [6.45, 7) is 2.02. The van der Waals surface area contributed by atoms with Crippen LogP contribution in [0.15, 0.2) is 29.0 Å². The Bertz CT molecular complexity index is 420. The zero-order valence-electron chi connectivity index (χ0n) is 8.23. The summed E-state index contributed by atoms with van der Waals surface area (Å²) < 4.78 is 5.22. The molecule has 3 nitrogen and oxygen atoms in total. The molecule has 1 atom stereocenters. The van der Waals surface area contributed by atoms with Gasteiger partial charge in [0, 0.05) is 6.04 Å². The predicted octanol–water partition coefficient (Wildman–Crippen LogP) is 2.11. The number of aromatic nitrogens is 1. The second-order valence-electron chi connectivity index (χ2n) is 3.67. The van der Waals surface area contributed by atoms with Crippen molar-refractivity contribution in [2.24, 2.45) is 5.73 Å². The van der Waals surface area contributed by atoms with E-state index >= 15 is 0 Å². The smallest absolute Gasteiger partial charge is 0.181 e. The summed E-state index contributed by atoms with van der Waals surface area (Å²) in [5.74, 6) is 0. The SMILES string of the molecule is CC(N)CCc1ccc2ncoc2c1. The summed E-state index contributed by atoms with van der Waals surface area (Å²) in [5.41, 5.74) is 8.72. The lowest BCUT2D eigenvalue weighted by Crippen LogP contribution is -2.15. The molecular weight excluding hydrogens is 176 g/mol. The van der Waals surface area contributed by atoms with Crippen molar-refractivity contribution in [2.75, 3.05) is 0 Å². The zero-order valence-corrected chi connectivity index (χ0v) is 8.23. The highest BCUT2D eigenvalue weighted by atomic mass is 16.3. The maximum absolute atomic E-state index is 5.70. The maximum Gasteiger partial charge on any atom is 0.181 e. The summed E-state index contributed by atoms with van der Waals surface area (Å²) in [5, 5.41) is 0. The van der Waals surface area contributed by atoms with Gasteiger partial charge in [0.15, 0.2) is 12.0 Å². The van der Waals surface area contributed by atoms with E-state index in [1.807, 2.05) is 19.1 Å². The van der Waals surface area contributed by atoms with Gasteiger partial charge in [-0.3, -0.25) is 0 Å². The van der Waals surface area contributed by atoms with Gasteiger partial charge >= 0.3 is 0 Å². The normalized spacial score (nSPS) is 13.3. The van der Waals surface area contributed by atoms with Crippen LogP contribution in [0.5, 0.6) is 0 Å². The number of aryl methyl sites for hydroxylation is 1. The summed E-state index contributed by atoms with van der Waals surface area (Å²) in [6, 6.07) is 6.34. The molecule has 0 radical (unpaired) electrons. The first-order chi connectivity index (χ1) is 6.75. The number of benzene rings is 1. The number of hydrogen-bond acceptors (Lipinski definition) is 3. The van der Waals surface area contributed by atoms with E-state index in [4.69, 9.17) is 10.2 Å². The van der Waals surface area contributed by atoms with Crippen molar-refractivity contribution in [3.63, 3.8) is 0 Å². The van der Waals surface area contributed by atoms with Crippen molar-refractivity contribution in [2.45, 2.75) is 25.8 Å². The molecule has 0 amide bonds. The average molecular weight is 190 g/mol. The number of nitrogens with two attached hydrogens (primary N) is 1. The van der Waals surface area contributed by atoms with Gasteiger partial charge in [0.25, 0.3) is 0 Å². The molecule has 0 aliphatic carbocycles. The van der Waals surface area contributed by atoms with Crippen LogP contribution in [0.4, 0.5) is 0 Å².